The normalized spacial score (nSPS) is 18.0. The molecule has 2 heterocycles. The van der Waals surface area contributed by atoms with Gasteiger partial charge in [-0.05, 0) is 25.1 Å². The van der Waals surface area contributed by atoms with Crippen LogP contribution in [0.1, 0.15) is 6.42 Å². The maximum Gasteiger partial charge on any atom is 0.312 e. The lowest BCUT2D eigenvalue weighted by molar-refractivity contribution is -0.146. The highest BCUT2D eigenvalue weighted by molar-refractivity contribution is 6.35. The lowest BCUT2D eigenvalue weighted by Crippen LogP contribution is -2.53. The van der Waals surface area contributed by atoms with Gasteiger partial charge in [-0.15, -0.1) is 0 Å². The third kappa shape index (κ3) is 5.36. The Labute approximate surface area is 166 Å². The molecule has 0 unspecified atom stereocenters. The van der Waals surface area contributed by atoms with Crippen LogP contribution in [0.15, 0.2) is 24.3 Å². The lowest BCUT2D eigenvalue weighted by atomic mass is 10.2. The average molecular weight is 390 g/mol. The van der Waals surface area contributed by atoms with Crippen molar-refractivity contribution in [1.29, 1.82) is 0 Å². The van der Waals surface area contributed by atoms with Crippen molar-refractivity contribution in [3.8, 4) is 5.75 Å². The molecule has 8 nitrogen and oxygen atoms in total. The molecule has 0 aliphatic carbocycles. The molecule has 0 bridgehead atoms. The van der Waals surface area contributed by atoms with Gasteiger partial charge >= 0.3 is 11.8 Å². The Balaban J connectivity index is 1.38. The quantitative estimate of drug-likeness (QED) is 0.552. The van der Waals surface area contributed by atoms with E-state index in [-0.39, 0.29) is 0 Å². The predicted octanol–water partition coefficient (Wildman–Crippen LogP) is 0.182. The summed E-state index contributed by atoms with van der Waals surface area (Å²) in [5.74, 6) is -0.126. The van der Waals surface area contributed by atoms with Crippen molar-refractivity contribution >= 4 is 17.5 Å². The summed E-state index contributed by atoms with van der Waals surface area (Å²) in [6.07, 6.45) is 0.834. The van der Waals surface area contributed by atoms with Crippen LogP contribution in [-0.2, 0) is 14.3 Å². The van der Waals surface area contributed by atoms with Crippen LogP contribution < -0.4 is 15.0 Å². The number of amides is 2. The highest BCUT2D eigenvalue weighted by Gasteiger charge is 2.26. The zero-order valence-corrected chi connectivity index (χ0v) is 16.6. The van der Waals surface area contributed by atoms with Crippen molar-refractivity contribution in [1.82, 2.24) is 15.1 Å². The standard InChI is InChI=1S/C20H30N4O4/c1-27-18-6-3-2-5-17(18)23-9-11-24(12-10-23)20(26)19(25)21-7-4-8-22-13-15-28-16-14-22/h2-3,5-6H,4,7-16H2,1H3,(H,21,25). The van der Waals surface area contributed by atoms with E-state index in [1.807, 2.05) is 24.3 Å². The van der Waals surface area contributed by atoms with Crippen LogP contribution in [-0.4, -0.2) is 94.3 Å². The second-order valence-corrected chi connectivity index (χ2v) is 7.01. The number of ether oxygens (including phenoxy) is 2. The highest BCUT2D eigenvalue weighted by atomic mass is 16.5. The van der Waals surface area contributed by atoms with E-state index in [1.54, 1.807) is 12.0 Å². The predicted molar refractivity (Wildman–Crippen MR) is 107 cm³/mol. The number of benzene rings is 1. The van der Waals surface area contributed by atoms with Crippen molar-refractivity contribution in [3.05, 3.63) is 24.3 Å². The minimum atomic E-state index is -0.507. The molecule has 1 aromatic rings. The average Bonchev–Trinajstić information content (AvgIpc) is 2.77. The molecule has 0 spiro atoms. The number of para-hydroxylation sites is 2. The Bertz CT molecular complexity index is 655. The molecule has 0 aromatic heterocycles. The summed E-state index contributed by atoms with van der Waals surface area (Å²) in [6.45, 7) is 7.24. The molecule has 2 aliphatic heterocycles. The van der Waals surface area contributed by atoms with E-state index < -0.39 is 11.8 Å². The number of carbonyl (C=O) groups excluding carboxylic acids is 2. The summed E-state index contributed by atoms with van der Waals surface area (Å²) < 4.78 is 10.7. The van der Waals surface area contributed by atoms with Gasteiger partial charge in [0.15, 0.2) is 0 Å². The molecule has 0 atom stereocenters. The van der Waals surface area contributed by atoms with Gasteiger partial charge in [0.25, 0.3) is 0 Å². The summed E-state index contributed by atoms with van der Waals surface area (Å²) in [6, 6.07) is 7.85. The van der Waals surface area contributed by atoms with E-state index in [4.69, 9.17) is 9.47 Å². The van der Waals surface area contributed by atoms with Gasteiger partial charge in [0.05, 0.1) is 26.0 Å². The molecule has 2 fully saturated rings. The number of methoxy groups -OCH3 is 1. The van der Waals surface area contributed by atoms with E-state index in [2.05, 4.69) is 15.1 Å². The monoisotopic (exact) mass is 390 g/mol. The first-order valence-corrected chi connectivity index (χ1v) is 9.94. The maximum atomic E-state index is 12.4. The van der Waals surface area contributed by atoms with E-state index in [1.165, 1.54) is 0 Å². The number of hydrogen-bond donors (Lipinski definition) is 1. The molecule has 1 N–H and O–H groups in total. The third-order valence-corrected chi connectivity index (χ3v) is 5.23. The Morgan fingerprint density at radius 1 is 1.07 bits per heavy atom. The molecule has 8 heteroatoms. The summed E-state index contributed by atoms with van der Waals surface area (Å²) >= 11 is 0. The molecule has 1 aromatic carbocycles. The number of rotatable bonds is 6. The SMILES string of the molecule is COc1ccccc1N1CCN(C(=O)C(=O)NCCCN2CCOCC2)CC1. The molecule has 154 valence electrons. The number of piperazine rings is 1. The van der Waals surface area contributed by atoms with Crippen molar-refractivity contribution in [2.45, 2.75) is 6.42 Å². The molecule has 0 saturated carbocycles. The van der Waals surface area contributed by atoms with Gasteiger partial charge in [-0.1, -0.05) is 12.1 Å². The van der Waals surface area contributed by atoms with Crippen molar-refractivity contribution in [3.63, 3.8) is 0 Å². The van der Waals surface area contributed by atoms with Crippen LogP contribution in [0.3, 0.4) is 0 Å². The molecule has 2 saturated heterocycles. The van der Waals surface area contributed by atoms with Gasteiger partial charge in [0.2, 0.25) is 0 Å². The Kier molecular flexibility index (Phi) is 7.50. The van der Waals surface area contributed by atoms with Crippen molar-refractivity contribution in [2.75, 3.05) is 77.6 Å². The van der Waals surface area contributed by atoms with Crippen molar-refractivity contribution in [2.24, 2.45) is 0 Å². The van der Waals surface area contributed by atoms with Gasteiger partial charge in [-0.2, -0.15) is 0 Å². The Morgan fingerprint density at radius 2 is 1.79 bits per heavy atom. The van der Waals surface area contributed by atoms with Crippen LogP contribution in [0.4, 0.5) is 5.69 Å². The fourth-order valence-electron chi connectivity index (χ4n) is 3.59. The lowest BCUT2D eigenvalue weighted by Gasteiger charge is -2.36. The maximum absolute atomic E-state index is 12.4. The largest absolute Gasteiger partial charge is 0.495 e. The molecule has 3 rings (SSSR count). The zero-order valence-electron chi connectivity index (χ0n) is 16.6. The first-order valence-electron chi connectivity index (χ1n) is 9.94. The van der Waals surface area contributed by atoms with Gasteiger partial charge < -0.3 is 24.6 Å². The minimum absolute atomic E-state index is 0.439. The topological polar surface area (TPSA) is 74.4 Å². The number of nitrogens with zero attached hydrogens (tertiary/aromatic N) is 3. The van der Waals surface area contributed by atoms with E-state index in [9.17, 15) is 9.59 Å². The number of anilines is 1. The van der Waals surface area contributed by atoms with Crippen LogP contribution >= 0.6 is 0 Å². The van der Waals surface area contributed by atoms with E-state index in [0.717, 1.165) is 50.7 Å². The second-order valence-electron chi connectivity index (χ2n) is 7.01. The fourth-order valence-corrected chi connectivity index (χ4v) is 3.59. The van der Waals surface area contributed by atoms with Gasteiger partial charge in [-0.3, -0.25) is 14.5 Å². The molecule has 2 amide bonds. The summed E-state index contributed by atoms with van der Waals surface area (Å²) in [5.41, 5.74) is 1.02. The molecule has 0 radical (unpaired) electrons. The number of carbonyl (C=O) groups is 2. The molecular formula is C20H30N4O4. The third-order valence-electron chi connectivity index (χ3n) is 5.23. The number of hydrogen-bond acceptors (Lipinski definition) is 6. The number of morpholine rings is 1. The first-order chi connectivity index (χ1) is 13.7. The molecule has 2 aliphatic rings. The van der Waals surface area contributed by atoms with E-state index in [0.29, 0.717) is 32.7 Å². The Hall–Kier alpha value is -2.32. The number of nitrogens with one attached hydrogen (secondary N) is 1. The Morgan fingerprint density at radius 3 is 2.50 bits per heavy atom. The highest BCUT2D eigenvalue weighted by Crippen LogP contribution is 2.28. The van der Waals surface area contributed by atoms with Crippen LogP contribution in [0.5, 0.6) is 5.75 Å². The van der Waals surface area contributed by atoms with Gasteiger partial charge in [0, 0.05) is 45.8 Å². The molecule has 28 heavy (non-hydrogen) atoms. The summed E-state index contributed by atoms with van der Waals surface area (Å²) in [5, 5.41) is 2.76. The second kappa shape index (κ2) is 10.3. The zero-order chi connectivity index (χ0) is 19.8. The van der Waals surface area contributed by atoms with Gasteiger partial charge in [-0.25, -0.2) is 0 Å². The minimum Gasteiger partial charge on any atom is -0.495 e. The smallest absolute Gasteiger partial charge is 0.312 e. The summed E-state index contributed by atoms with van der Waals surface area (Å²) in [7, 11) is 1.65. The van der Waals surface area contributed by atoms with E-state index >= 15 is 0 Å². The first kappa shape index (κ1) is 20.4. The van der Waals surface area contributed by atoms with Crippen LogP contribution in [0.25, 0.3) is 0 Å². The fraction of sp³-hybridized carbons (Fsp3) is 0.600. The van der Waals surface area contributed by atoms with Crippen LogP contribution in [0.2, 0.25) is 0 Å². The van der Waals surface area contributed by atoms with Crippen molar-refractivity contribution < 1.29 is 19.1 Å². The summed E-state index contributed by atoms with van der Waals surface area (Å²) in [4.78, 5) is 30.7. The van der Waals surface area contributed by atoms with Gasteiger partial charge in [0.1, 0.15) is 5.75 Å². The molecular weight excluding hydrogens is 360 g/mol. The van der Waals surface area contributed by atoms with Crippen LogP contribution in [0, 0.1) is 0 Å².